The van der Waals surface area contributed by atoms with Crippen LogP contribution in [0.5, 0.6) is 0 Å². The lowest BCUT2D eigenvalue weighted by Gasteiger charge is -2.31. The number of morpholine rings is 1. The summed E-state index contributed by atoms with van der Waals surface area (Å²) in [5, 5.41) is 0. The minimum Gasteiger partial charge on any atom is -0.378 e. The smallest absolute Gasteiger partial charge is 0.236 e. The fraction of sp³-hybridized carbons (Fsp3) is 0.444. The van der Waals surface area contributed by atoms with Gasteiger partial charge in [-0.25, -0.2) is 15.0 Å². The lowest BCUT2D eigenvalue weighted by Crippen LogP contribution is -2.42. The number of carbonyl (C=O) groups is 2. The predicted molar refractivity (Wildman–Crippen MR) is 138 cm³/mol. The van der Waals surface area contributed by atoms with E-state index >= 15 is 0 Å². The van der Waals surface area contributed by atoms with E-state index in [0.717, 1.165) is 46.9 Å². The van der Waals surface area contributed by atoms with E-state index in [9.17, 15) is 9.59 Å². The first-order chi connectivity index (χ1) is 17.4. The molecule has 2 aromatic rings. The zero-order valence-corrected chi connectivity index (χ0v) is 20.9. The van der Waals surface area contributed by atoms with Crippen LogP contribution in [-0.2, 0) is 14.3 Å². The first kappa shape index (κ1) is 24.1. The lowest BCUT2D eigenvalue weighted by atomic mass is 9.94. The molecule has 0 bridgehead atoms. The number of anilines is 2. The van der Waals surface area contributed by atoms with Crippen molar-refractivity contribution in [2.24, 2.45) is 5.41 Å². The van der Waals surface area contributed by atoms with Crippen molar-refractivity contribution in [2.75, 3.05) is 50.0 Å². The van der Waals surface area contributed by atoms with Gasteiger partial charge in [-0.05, 0) is 62.5 Å². The van der Waals surface area contributed by atoms with Crippen molar-refractivity contribution >= 4 is 29.0 Å². The molecule has 2 fully saturated rings. The highest BCUT2D eigenvalue weighted by Gasteiger charge is 2.56. The van der Waals surface area contributed by atoms with Crippen LogP contribution in [0, 0.1) is 5.41 Å². The average molecular weight is 489 g/mol. The van der Waals surface area contributed by atoms with Crippen LogP contribution in [0.1, 0.15) is 38.7 Å². The molecule has 1 aliphatic carbocycles. The standard InChI is InChI=1S/C27H32N6O3/c1-18(2)13-23(34)27(5-6-27)25(35)33-7-3-19(4-8-33)20-14-22(21-16-29-26(28)30-17-21)31-24(15-20)32-9-11-36-12-10-32/h3,13-17H,4-12H2,1-2H3,(H2,28,29,30). The quantitative estimate of drug-likeness (QED) is 0.488. The van der Waals surface area contributed by atoms with Crippen molar-refractivity contribution < 1.29 is 14.3 Å². The molecule has 0 unspecified atom stereocenters. The molecule has 0 radical (unpaired) electrons. The molecule has 4 heterocycles. The average Bonchev–Trinajstić information content (AvgIpc) is 3.71. The Bertz CT molecular complexity index is 1220. The summed E-state index contributed by atoms with van der Waals surface area (Å²) >= 11 is 0. The van der Waals surface area contributed by atoms with Crippen LogP contribution in [0.15, 0.2) is 42.3 Å². The number of aromatic nitrogens is 3. The van der Waals surface area contributed by atoms with Gasteiger partial charge in [0.2, 0.25) is 11.9 Å². The van der Waals surface area contributed by atoms with Gasteiger partial charge in [0.15, 0.2) is 5.78 Å². The first-order valence-corrected chi connectivity index (χ1v) is 12.5. The molecule has 1 saturated carbocycles. The Morgan fingerprint density at radius 2 is 1.78 bits per heavy atom. The largest absolute Gasteiger partial charge is 0.378 e. The van der Waals surface area contributed by atoms with Crippen molar-refractivity contribution in [2.45, 2.75) is 33.1 Å². The number of allylic oxidation sites excluding steroid dienone is 2. The molecule has 9 heteroatoms. The van der Waals surface area contributed by atoms with Crippen molar-refractivity contribution in [1.82, 2.24) is 19.9 Å². The van der Waals surface area contributed by atoms with Gasteiger partial charge in [-0.3, -0.25) is 9.59 Å². The van der Waals surface area contributed by atoms with Crippen molar-refractivity contribution in [1.29, 1.82) is 0 Å². The van der Waals surface area contributed by atoms with E-state index in [0.29, 0.717) is 45.6 Å². The molecule has 1 saturated heterocycles. The van der Waals surface area contributed by atoms with Crippen LogP contribution in [0.25, 0.3) is 16.8 Å². The van der Waals surface area contributed by atoms with Crippen LogP contribution >= 0.6 is 0 Å². The Morgan fingerprint density at radius 1 is 1.06 bits per heavy atom. The number of ketones is 1. The van der Waals surface area contributed by atoms with E-state index in [4.69, 9.17) is 15.5 Å². The number of nitrogens with two attached hydrogens (primary N) is 1. The number of nitrogen functional groups attached to an aromatic ring is 1. The molecular formula is C27H32N6O3. The number of hydrogen-bond acceptors (Lipinski definition) is 8. The van der Waals surface area contributed by atoms with Gasteiger partial charge in [-0.15, -0.1) is 0 Å². The van der Waals surface area contributed by atoms with E-state index < -0.39 is 5.41 Å². The van der Waals surface area contributed by atoms with Crippen LogP contribution < -0.4 is 10.6 Å². The topological polar surface area (TPSA) is 115 Å². The Hall–Kier alpha value is -3.59. The summed E-state index contributed by atoms with van der Waals surface area (Å²) in [5.41, 5.74) is 9.56. The number of hydrogen-bond donors (Lipinski definition) is 1. The second kappa shape index (κ2) is 9.81. The SMILES string of the molecule is CC(C)=CC(=O)C1(C(=O)N2CC=C(c3cc(-c4cnc(N)nc4)nc(N4CCOCC4)c3)CC2)CC1. The van der Waals surface area contributed by atoms with Crippen molar-refractivity contribution in [3.05, 3.63) is 47.8 Å². The molecule has 3 aliphatic rings. The third-order valence-electron chi connectivity index (χ3n) is 7.03. The lowest BCUT2D eigenvalue weighted by molar-refractivity contribution is -0.141. The molecule has 2 aromatic heterocycles. The summed E-state index contributed by atoms with van der Waals surface area (Å²) in [6, 6.07) is 4.15. The maximum Gasteiger partial charge on any atom is 0.236 e. The van der Waals surface area contributed by atoms with Gasteiger partial charge in [-0.2, -0.15) is 0 Å². The zero-order chi connectivity index (χ0) is 25.3. The Kier molecular flexibility index (Phi) is 6.57. The van der Waals surface area contributed by atoms with Gasteiger partial charge in [0.05, 0.1) is 18.9 Å². The van der Waals surface area contributed by atoms with Gasteiger partial charge in [0.25, 0.3) is 0 Å². The van der Waals surface area contributed by atoms with Crippen molar-refractivity contribution in [3.8, 4) is 11.3 Å². The Balaban J connectivity index is 1.40. The summed E-state index contributed by atoms with van der Waals surface area (Å²) in [6.07, 6.45) is 9.08. The number of amides is 1. The number of pyridine rings is 1. The predicted octanol–water partition coefficient (Wildman–Crippen LogP) is 2.89. The fourth-order valence-corrected chi connectivity index (χ4v) is 4.78. The minimum atomic E-state index is -0.842. The molecule has 188 valence electrons. The molecule has 1 amide bonds. The second-order valence-electron chi connectivity index (χ2n) is 9.93. The third-order valence-corrected chi connectivity index (χ3v) is 7.03. The number of ether oxygens (including phenoxy) is 1. The molecule has 2 aliphatic heterocycles. The van der Waals surface area contributed by atoms with E-state index in [1.807, 2.05) is 24.8 Å². The summed E-state index contributed by atoms with van der Waals surface area (Å²) in [4.78, 5) is 43.2. The molecule has 36 heavy (non-hydrogen) atoms. The maximum atomic E-state index is 13.3. The molecular weight excluding hydrogens is 456 g/mol. The van der Waals surface area contributed by atoms with Crippen LogP contribution in [0.2, 0.25) is 0 Å². The molecule has 0 aromatic carbocycles. The monoisotopic (exact) mass is 488 g/mol. The number of nitrogens with zero attached hydrogens (tertiary/aromatic N) is 5. The van der Waals surface area contributed by atoms with E-state index in [-0.39, 0.29) is 17.6 Å². The highest BCUT2D eigenvalue weighted by atomic mass is 16.5. The minimum absolute atomic E-state index is 0.0382. The number of rotatable bonds is 6. The summed E-state index contributed by atoms with van der Waals surface area (Å²) in [7, 11) is 0. The summed E-state index contributed by atoms with van der Waals surface area (Å²) < 4.78 is 5.52. The third kappa shape index (κ3) is 4.88. The van der Waals surface area contributed by atoms with Gasteiger partial charge < -0.3 is 20.3 Å². The van der Waals surface area contributed by atoms with Gasteiger partial charge in [-0.1, -0.05) is 11.6 Å². The van der Waals surface area contributed by atoms with Crippen LogP contribution in [-0.4, -0.2) is 70.9 Å². The Labute approximate surface area is 211 Å². The second-order valence-corrected chi connectivity index (χ2v) is 9.93. The summed E-state index contributed by atoms with van der Waals surface area (Å²) in [6.45, 7) is 7.74. The van der Waals surface area contributed by atoms with E-state index in [2.05, 4.69) is 27.0 Å². The highest BCUT2D eigenvalue weighted by Crippen LogP contribution is 2.49. The highest BCUT2D eigenvalue weighted by molar-refractivity contribution is 6.13. The Morgan fingerprint density at radius 3 is 2.39 bits per heavy atom. The maximum absolute atomic E-state index is 13.3. The number of carbonyl (C=O) groups excluding carboxylic acids is 2. The normalized spacial score (nSPS) is 18.9. The summed E-state index contributed by atoms with van der Waals surface area (Å²) in [5.74, 6) is 1.01. The molecule has 5 rings (SSSR count). The first-order valence-electron chi connectivity index (χ1n) is 12.5. The van der Waals surface area contributed by atoms with Crippen molar-refractivity contribution in [3.63, 3.8) is 0 Å². The van der Waals surface area contributed by atoms with Crippen LogP contribution in [0.3, 0.4) is 0 Å². The van der Waals surface area contributed by atoms with E-state index in [1.54, 1.807) is 18.5 Å². The van der Waals surface area contributed by atoms with Gasteiger partial charge >= 0.3 is 0 Å². The van der Waals surface area contributed by atoms with Gasteiger partial charge in [0, 0.05) is 44.1 Å². The molecule has 2 N–H and O–H groups in total. The fourth-order valence-electron chi connectivity index (χ4n) is 4.78. The molecule has 0 atom stereocenters. The molecule has 0 spiro atoms. The van der Waals surface area contributed by atoms with Crippen LogP contribution in [0.4, 0.5) is 11.8 Å². The zero-order valence-electron chi connectivity index (χ0n) is 20.9. The molecule has 9 nitrogen and oxygen atoms in total. The van der Waals surface area contributed by atoms with E-state index in [1.165, 1.54) is 0 Å². The van der Waals surface area contributed by atoms with Gasteiger partial charge in [0.1, 0.15) is 11.2 Å².